The molecular formula is C13H14BrN3. The van der Waals surface area contributed by atoms with Crippen LogP contribution in [0.1, 0.15) is 6.42 Å². The number of hydrogen-bond donors (Lipinski definition) is 0. The van der Waals surface area contributed by atoms with Gasteiger partial charge in [-0.05, 0) is 12.3 Å². The number of anilines is 1. The van der Waals surface area contributed by atoms with Crippen molar-refractivity contribution in [2.75, 3.05) is 23.3 Å². The Morgan fingerprint density at radius 3 is 3.06 bits per heavy atom. The molecule has 1 aliphatic rings. The van der Waals surface area contributed by atoms with Gasteiger partial charge in [0, 0.05) is 29.2 Å². The maximum Gasteiger partial charge on any atom is 0.159 e. The predicted octanol–water partition coefficient (Wildman–Crippen LogP) is 2.85. The molecule has 2 heterocycles. The van der Waals surface area contributed by atoms with Gasteiger partial charge in [0.1, 0.15) is 0 Å². The van der Waals surface area contributed by atoms with Crippen LogP contribution in [0.5, 0.6) is 0 Å². The van der Waals surface area contributed by atoms with E-state index in [1.165, 1.54) is 17.2 Å². The molecule has 1 aromatic heterocycles. The third-order valence-electron chi connectivity index (χ3n) is 3.35. The largest absolute Gasteiger partial charge is 0.354 e. The molecule has 1 atom stereocenters. The summed E-state index contributed by atoms with van der Waals surface area (Å²) in [6.45, 7) is 2.16. The third kappa shape index (κ3) is 2.02. The van der Waals surface area contributed by atoms with E-state index in [4.69, 9.17) is 0 Å². The predicted molar refractivity (Wildman–Crippen MR) is 73.7 cm³/mol. The van der Waals surface area contributed by atoms with Crippen LogP contribution in [0.3, 0.4) is 0 Å². The second-order valence-corrected chi connectivity index (χ2v) is 5.16. The van der Waals surface area contributed by atoms with Crippen molar-refractivity contribution in [1.29, 1.82) is 0 Å². The number of nitrogens with zero attached hydrogens (tertiary/aromatic N) is 3. The lowest BCUT2D eigenvalue weighted by atomic mass is 10.2. The number of halogens is 1. The van der Waals surface area contributed by atoms with Crippen LogP contribution >= 0.6 is 15.9 Å². The highest BCUT2D eigenvalue weighted by Crippen LogP contribution is 2.28. The van der Waals surface area contributed by atoms with Gasteiger partial charge in [0.05, 0.1) is 6.20 Å². The fourth-order valence-electron chi connectivity index (χ4n) is 2.40. The number of alkyl halides is 1. The van der Waals surface area contributed by atoms with Crippen molar-refractivity contribution >= 4 is 32.5 Å². The van der Waals surface area contributed by atoms with Crippen LogP contribution in [0.4, 0.5) is 5.82 Å². The van der Waals surface area contributed by atoms with Crippen LogP contribution < -0.4 is 4.90 Å². The zero-order valence-corrected chi connectivity index (χ0v) is 11.1. The normalized spacial score (nSPS) is 20.1. The van der Waals surface area contributed by atoms with Crippen molar-refractivity contribution in [2.45, 2.75) is 6.42 Å². The zero-order valence-electron chi connectivity index (χ0n) is 9.51. The molecule has 1 aliphatic heterocycles. The number of rotatable bonds is 2. The minimum Gasteiger partial charge on any atom is -0.354 e. The molecule has 0 radical (unpaired) electrons. The summed E-state index contributed by atoms with van der Waals surface area (Å²) in [5, 5.41) is 11.9. The van der Waals surface area contributed by atoms with Gasteiger partial charge < -0.3 is 4.90 Å². The quantitative estimate of drug-likeness (QED) is 0.797. The molecule has 1 fully saturated rings. The van der Waals surface area contributed by atoms with Gasteiger partial charge in [0.15, 0.2) is 5.82 Å². The van der Waals surface area contributed by atoms with Crippen molar-refractivity contribution in [3.05, 3.63) is 30.5 Å². The molecule has 0 N–H and O–H groups in total. The summed E-state index contributed by atoms with van der Waals surface area (Å²) in [4.78, 5) is 2.35. The van der Waals surface area contributed by atoms with E-state index < -0.39 is 0 Å². The maximum atomic E-state index is 4.32. The molecule has 4 heteroatoms. The van der Waals surface area contributed by atoms with Crippen LogP contribution in [0.15, 0.2) is 30.5 Å². The van der Waals surface area contributed by atoms with Gasteiger partial charge >= 0.3 is 0 Å². The van der Waals surface area contributed by atoms with Gasteiger partial charge in [-0.2, -0.15) is 5.10 Å². The lowest BCUT2D eigenvalue weighted by Crippen LogP contribution is -2.21. The average molecular weight is 292 g/mol. The summed E-state index contributed by atoms with van der Waals surface area (Å²) < 4.78 is 0. The molecule has 3 rings (SSSR count). The summed E-state index contributed by atoms with van der Waals surface area (Å²) in [6, 6.07) is 8.32. The smallest absolute Gasteiger partial charge is 0.159 e. The lowest BCUT2D eigenvalue weighted by molar-refractivity contribution is 0.675. The standard InChI is InChI=1S/C13H14BrN3/c14-7-10-5-6-17(9-10)13-12-4-2-1-3-11(12)8-15-16-13/h1-4,8,10H,5-7,9H2. The van der Waals surface area contributed by atoms with Gasteiger partial charge in [-0.3, -0.25) is 0 Å². The first-order valence-corrected chi connectivity index (χ1v) is 7.02. The zero-order chi connectivity index (χ0) is 11.7. The third-order valence-corrected chi connectivity index (χ3v) is 4.27. The van der Waals surface area contributed by atoms with Crippen molar-refractivity contribution in [1.82, 2.24) is 10.2 Å². The topological polar surface area (TPSA) is 29.0 Å². The van der Waals surface area contributed by atoms with E-state index in [2.05, 4.69) is 49.2 Å². The van der Waals surface area contributed by atoms with Gasteiger partial charge in [0.25, 0.3) is 0 Å². The van der Waals surface area contributed by atoms with E-state index >= 15 is 0 Å². The van der Waals surface area contributed by atoms with Crippen LogP contribution in [0.25, 0.3) is 10.8 Å². The van der Waals surface area contributed by atoms with E-state index in [9.17, 15) is 0 Å². The average Bonchev–Trinajstić information content (AvgIpc) is 2.87. The van der Waals surface area contributed by atoms with Crippen molar-refractivity contribution in [3.63, 3.8) is 0 Å². The number of fused-ring (bicyclic) bond motifs is 1. The molecular weight excluding hydrogens is 278 g/mol. The van der Waals surface area contributed by atoms with Crippen LogP contribution in [0, 0.1) is 5.92 Å². The molecule has 0 bridgehead atoms. The minimum atomic E-state index is 0.732. The highest BCUT2D eigenvalue weighted by Gasteiger charge is 2.23. The monoisotopic (exact) mass is 291 g/mol. The summed E-state index contributed by atoms with van der Waals surface area (Å²) in [7, 11) is 0. The molecule has 0 amide bonds. The molecule has 1 unspecified atom stereocenters. The minimum absolute atomic E-state index is 0.732. The summed E-state index contributed by atoms with van der Waals surface area (Å²) in [5.41, 5.74) is 0. The van der Waals surface area contributed by atoms with Crippen molar-refractivity contribution in [3.8, 4) is 0 Å². The molecule has 17 heavy (non-hydrogen) atoms. The molecule has 0 spiro atoms. The Morgan fingerprint density at radius 2 is 2.24 bits per heavy atom. The Kier molecular flexibility index (Phi) is 2.97. The Bertz CT molecular complexity index is 524. The molecule has 1 aromatic carbocycles. The maximum absolute atomic E-state index is 4.32. The Morgan fingerprint density at radius 1 is 1.35 bits per heavy atom. The lowest BCUT2D eigenvalue weighted by Gasteiger charge is -2.18. The summed E-state index contributed by atoms with van der Waals surface area (Å²) >= 11 is 3.56. The first-order valence-electron chi connectivity index (χ1n) is 5.90. The van der Waals surface area contributed by atoms with Crippen LogP contribution in [-0.2, 0) is 0 Å². The molecule has 0 aliphatic carbocycles. The van der Waals surface area contributed by atoms with Crippen LogP contribution in [0.2, 0.25) is 0 Å². The van der Waals surface area contributed by atoms with E-state index in [0.717, 1.165) is 30.2 Å². The Hall–Kier alpha value is -1.16. The van der Waals surface area contributed by atoms with Gasteiger partial charge in [-0.1, -0.05) is 40.2 Å². The first-order chi connectivity index (χ1) is 8.38. The molecule has 2 aromatic rings. The van der Waals surface area contributed by atoms with Gasteiger partial charge in [-0.15, -0.1) is 5.10 Å². The number of hydrogen-bond acceptors (Lipinski definition) is 3. The van der Waals surface area contributed by atoms with Crippen LogP contribution in [-0.4, -0.2) is 28.6 Å². The second kappa shape index (κ2) is 4.61. The van der Waals surface area contributed by atoms with Gasteiger partial charge in [-0.25, -0.2) is 0 Å². The number of aromatic nitrogens is 2. The van der Waals surface area contributed by atoms with E-state index in [0.29, 0.717) is 0 Å². The summed E-state index contributed by atoms with van der Waals surface area (Å²) in [6.07, 6.45) is 3.06. The Labute approximate surface area is 109 Å². The SMILES string of the molecule is BrCC1CCN(c2nncc3ccccc23)C1. The van der Waals surface area contributed by atoms with Crippen molar-refractivity contribution < 1.29 is 0 Å². The highest BCUT2D eigenvalue weighted by atomic mass is 79.9. The van der Waals surface area contributed by atoms with E-state index in [1.54, 1.807) is 0 Å². The fraction of sp³-hybridized carbons (Fsp3) is 0.385. The fourth-order valence-corrected chi connectivity index (χ4v) is 2.93. The number of benzene rings is 1. The van der Waals surface area contributed by atoms with E-state index in [1.807, 2.05) is 12.3 Å². The first kappa shape index (κ1) is 11.0. The van der Waals surface area contributed by atoms with Crippen molar-refractivity contribution in [2.24, 2.45) is 5.92 Å². The highest BCUT2D eigenvalue weighted by molar-refractivity contribution is 9.09. The molecule has 0 saturated carbocycles. The molecule has 88 valence electrons. The van der Waals surface area contributed by atoms with E-state index in [-0.39, 0.29) is 0 Å². The Balaban J connectivity index is 2.00. The summed E-state index contributed by atoms with van der Waals surface area (Å²) in [5.74, 6) is 1.77. The molecule has 3 nitrogen and oxygen atoms in total. The van der Waals surface area contributed by atoms with Gasteiger partial charge in [0.2, 0.25) is 0 Å². The second-order valence-electron chi connectivity index (χ2n) is 4.51. The molecule has 1 saturated heterocycles.